The second-order valence-electron chi connectivity index (χ2n) is 8.35. The molecule has 1 aliphatic rings. The summed E-state index contributed by atoms with van der Waals surface area (Å²) in [5, 5.41) is 1.53. The zero-order valence-corrected chi connectivity index (χ0v) is 16.9. The summed E-state index contributed by atoms with van der Waals surface area (Å²) in [5.74, 6) is 4.40. The molecule has 0 bridgehead atoms. The molecule has 4 unspecified atom stereocenters. The number of hydrogen-bond donors (Lipinski definition) is 0. The Hall–Kier alpha value is -0.763. The molecule has 0 radical (unpaired) electrons. The molecule has 22 heavy (non-hydrogen) atoms. The topological polar surface area (TPSA) is 9.23 Å². The summed E-state index contributed by atoms with van der Waals surface area (Å²) in [5.41, 5.74) is 3.48. The van der Waals surface area contributed by atoms with Gasteiger partial charge in [0.05, 0.1) is 15.2 Å². The standard InChI is InChI=1S/C20H34OSi/c1-12-10-13(2)19(21-7)18(11-12)22(8,9)20-16(5)14(3)15(4)17(20)6/h10-11,14-17,20H,1-9H3/t14?,15?,16-,17?,20?/m1/s1. The molecule has 0 amide bonds. The molecule has 1 nitrogen and oxygen atoms in total. The minimum atomic E-state index is -1.61. The third-order valence-corrected chi connectivity index (χ3v) is 11.2. The highest BCUT2D eigenvalue weighted by molar-refractivity contribution is 6.91. The molecule has 0 aliphatic heterocycles. The van der Waals surface area contributed by atoms with Gasteiger partial charge in [0.1, 0.15) is 5.75 Å². The van der Waals surface area contributed by atoms with Gasteiger partial charge in [-0.1, -0.05) is 58.5 Å². The van der Waals surface area contributed by atoms with Gasteiger partial charge in [-0.15, -0.1) is 0 Å². The van der Waals surface area contributed by atoms with Crippen LogP contribution in [0.15, 0.2) is 12.1 Å². The summed E-state index contributed by atoms with van der Waals surface area (Å²) < 4.78 is 5.84. The van der Waals surface area contributed by atoms with E-state index in [0.717, 1.165) is 35.0 Å². The number of hydrogen-bond acceptors (Lipinski definition) is 1. The van der Waals surface area contributed by atoms with Crippen molar-refractivity contribution in [2.45, 2.75) is 60.2 Å². The number of rotatable bonds is 3. The van der Waals surface area contributed by atoms with Crippen LogP contribution in [0.4, 0.5) is 0 Å². The van der Waals surface area contributed by atoms with Gasteiger partial charge in [0, 0.05) is 0 Å². The molecule has 0 saturated heterocycles. The Morgan fingerprint density at radius 2 is 1.36 bits per heavy atom. The van der Waals surface area contributed by atoms with Gasteiger partial charge in [-0.3, -0.25) is 0 Å². The number of methoxy groups -OCH3 is 1. The Balaban J connectivity index is 2.56. The Labute approximate surface area is 138 Å². The van der Waals surface area contributed by atoms with Crippen molar-refractivity contribution in [3.63, 3.8) is 0 Å². The van der Waals surface area contributed by atoms with Crippen LogP contribution in [0.2, 0.25) is 18.6 Å². The van der Waals surface area contributed by atoms with Crippen molar-refractivity contribution in [1.82, 2.24) is 0 Å². The third kappa shape index (κ3) is 2.64. The molecule has 0 heterocycles. The number of aryl methyl sites for hydroxylation is 2. The van der Waals surface area contributed by atoms with E-state index in [2.05, 4.69) is 66.8 Å². The molecular formula is C20H34OSi. The van der Waals surface area contributed by atoms with E-state index in [1.54, 1.807) is 0 Å². The first kappa shape index (κ1) is 17.6. The van der Waals surface area contributed by atoms with Crippen LogP contribution in [0.5, 0.6) is 5.75 Å². The highest BCUT2D eigenvalue weighted by atomic mass is 28.3. The molecule has 1 aliphatic carbocycles. The molecule has 5 atom stereocenters. The van der Waals surface area contributed by atoms with Gasteiger partial charge in [0.2, 0.25) is 0 Å². The second kappa shape index (κ2) is 6.03. The van der Waals surface area contributed by atoms with Crippen LogP contribution in [-0.4, -0.2) is 15.2 Å². The second-order valence-corrected chi connectivity index (χ2v) is 13.0. The summed E-state index contributed by atoms with van der Waals surface area (Å²) in [6.07, 6.45) is 0. The predicted molar refractivity (Wildman–Crippen MR) is 100.0 cm³/mol. The van der Waals surface area contributed by atoms with E-state index in [1.165, 1.54) is 16.3 Å². The first-order valence-corrected chi connectivity index (χ1v) is 11.9. The number of benzene rings is 1. The van der Waals surface area contributed by atoms with Crippen LogP contribution >= 0.6 is 0 Å². The van der Waals surface area contributed by atoms with Crippen molar-refractivity contribution < 1.29 is 4.74 Å². The Morgan fingerprint density at radius 1 is 0.864 bits per heavy atom. The van der Waals surface area contributed by atoms with Gasteiger partial charge >= 0.3 is 0 Å². The van der Waals surface area contributed by atoms with Crippen LogP contribution in [0.3, 0.4) is 0 Å². The minimum absolute atomic E-state index is 0.803. The molecule has 0 N–H and O–H groups in total. The van der Waals surface area contributed by atoms with Crippen LogP contribution in [0.25, 0.3) is 0 Å². The van der Waals surface area contributed by atoms with E-state index < -0.39 is 8.07 Å². The average molecular weight is 319 g/mol. The van der Waals surface area contributed by atoms with Crippen molar-refractivity contribution >= 4 is 13.3 Å². The van der Waals surface area contributed by atoms with Gasteiger partial charge in [-0.2, -0.15) is 0 Å². The van der Waals surface area contributed by atoms with E-state index in [9.17, 15) is 0 Å². The first-order valence-electron chi connectivity index (χ1n) is 8.78. The van der Waals surface area contributed by atoms with Gasteiger partial charge < -0.3 is 4.74 Å². The van der Waals surface area contributed by atoms with E-state index in [1.807, 2.05) is 7.11 Å². The lowest BCUT2D eigenvalue weighted by Crippen LogP contribution is -2.49. The van der Waals surface area contributed by atoms with Crippen molar-refractivity contribution in [2.24, 2.45) is 23.7 Å². The van der Waals surface area contributed by atoms with Crippen LogP contribution in [-0.2, 0) is 0 Å². The molecule has 1 fully saturated rings. The lowest BCUT2D eigenvalue weighted by molar-refractivity contribution is 0.352. The normalized spacial score (nSPS) is 32.3. The molecule has 1 aromatic carbocycles. The lowest BCUT2D eigenvalue weighted by atomic mass is 9.92. The first-order chi connectivity index (χ1) is 10.1. The molecule has 0 aromatic heterocycles. The van der Waals surface area contributed by atoms with E-state index in [4.69, 9.17) is 4.74 Å². The van der Waals surface area contributed by atoms with Gasteiger partial charge in [0.15, 0.2) is 0 Å². The lowest BCUT2D eigenvalue weighted by Gasteiger charge is -2.38. The minimum Gasteiger partial charge on any atom is -0.497 e. The Morgan fingerprint density at radius 3 is 1.82 bits per heavy atom. The highest BCUT2D eigenvalue weighted by Crippen LogP contribution is 2.53. The molecule has 0 spiro atoms. The fourth-order valence-electron chi connectivity index (χ4n) is 5.29. The predicted octanol–water partition coefficient (Wildman–Crippen LogP) is 5.16. The summed E-state index contributed by atoms with van der Waals surface area (Å²) in [7, 11) is 0.222. The zero-order valence-electron chi connectivity index (χ0n) is 15.9. The van der Waals surface area contributed by atoms with Gasteiger partial charge in [0.25, 0.3) is 0 Å². The summed E-state index contributed by atoms with van der Waals surface area (Å²) >= 11 is 0. The van der Waals surface area contributed by atoms with Crippen LogP contribution < -0.4 is 9.92 Å². The summed E-state index contributed by atoms with van der Waals surface area (Å²) in [6.45, 7) is 19.4. The van der Waals surface area contributed by atoms with Crippen molar-refractivity contribution in [1.29, 1.82) is 0 Å². The van der Waals surface area contributed by atoms with Crippen molar-refractivity contribution in [3.05, 3.63) is 23.3 Å². The van der Waals surface area contributed by atoms with Gasteiger partial charge in [-0.05, 0) is 53.8 Å². The molecule has 124 valence electrons. The molecular weight excluding hydrogens is 284 g/mol. The maximum Gasteiger partial charge on any atom is 0.121 e. The maximum absolute atomic E-state index is 5.84. The Kier molecular flexibility index (Phi) is 4.82. The molecule has 1 aromatic rings. The summed E-state index contributed by atoms with van der Waals surface area (Å²) in [6, 6.07) is 4.66. The molecule has 2 heteroatoms. The van der Waals surface area contributed by atoms with Crippen LogP contribution in [0.1, 0.15) is 38.8 Å². The van der Waals surface area contributed by atoms with E-state index in [-0.39, 0.29) is 0 Å². The summed E-state index contributed by atoms with van der Waals surface area (Å²) in [4.78, 5) is 0. The Bertz CT molecular complexity index is 535. The quantitative estimate of drug-likeness (QED) is 0.700. The number of ether oxygens (including phenoxy) is 1. The molecule has 1 saturated carbocycles. The largest absolute Gasteiger partial charge is 0.497 e. The third-order valence-electron chi connectivity index (χ3n) is 6.77. The monoisotopic (exact) mass is 318 g/mol. The fraction of sp³-hybridized carbons (Fsp3) is 0.700. The van der Waals surface area contributed by atoms with E-state index in [0.29, 0.717) is 0 Å². The van der Waals surface area contributed by atoms with Crippen LogP contribution in [0, 0.1) is 37.5 Å². The smallest absolute Gasteiger partial charge is 0.121 e. The zero-order chi connectivity index (χ0) is 16.8. The van der Waals surface area contributed by atoms with Crippen molar-refractivity contribution in [3.8, 4) is 5.75 Å². The fourth-order valence-corrected chi connectivity index (χ4v) is 10.4. The van der Waals surface area contributed by atoms with Crippen molar-refractivity contribution in [2.75, 3.05) is 7.11 Å². The highest BCUT2D eigenvalue weighted by Gasteiger charge is 2.50. The maximum atomic E-state index is 5.84. The SMILES string of the molecule is COc1c(C)cc(C)cc1[Si](C)(C)C1C(C)C(C)C(C)[C@H]1C. The van der Waals surface area contributed by atoms with E-state index >= 15 is 0 Å². The average Bonchev–Trinajstić information content (AvgIpc) is 2.62. The van der Waals surface area contributed by atoms with Gasteiger partial charge in [-0.25, -0.2) is 0 Å². The molecule has 2 rings (SSSR count).